The summed E-state index contributed by atoms with van der Waals surface area (Å²) in [5, 5.41) is 3.65. The predicted molar refractivity (Wildman–Crippen MR) is 71.5 cm³/mol. The van der Waals surface area contributed by atoms with Gasteiger partial charge in [0.15, 0.2) is 0 Å². The zero-order chi connectivity index (χ0) is 11.3. The van der Waals surface area contributed by atoms with E-state index in [-0.39, 0.29) is 0 Å². The van der Waals surface area contributed by atoms with Crippen molar-refractivity contribution >= 4 is 11.8 Å². The third kappa shape index (κ3) is 5.07. The monoisotopic (exact) mass is 227 g/mol. The fourth-order valence-electron chi connectivity index (χ4n) is 2.52. The van der Waals surface area contributed by atoms with Gasteiger partial charge in [-0.15, -0.1) is 0 Å². The van der Waals surface area contributed by atoms with Crippen LogP contribution in [-0.2, 0) is 0 Å². The SMILES string of the molecule is CSCC(C)NCC1CC(C)=CC(C)C1. The number of rotatable bonds is 5. The Morgan fingerprint density at radius 1 is 1.60 bits per heavy atom. The van der Waals surface area contributed by atoms with Crippen LogP contribution in [0.1, 0.15) is 33.6 Å². The lowest BCUT2D eigenvalue weighted by Gasteiger charge is -2.27. The second kappa shape index (κ2) is 6.59. The molecular formula is C13H25NS. The number of hydrogen-bond acceptors (Lipinski definition) is 2. The van der Waals surface area contributed by atoms with Crippen LogP contribution < -0.4 is 5.32 Å². The number of hydrogen-bond donors (Lipinski definition) is 1. The highest BCUT2D eigenvalue weighted by atomic mass is 32.2. The molecule has 0 fully saturated rings. The summed E-state index contributed by atoms with van der Waals surface area (Å²) in [5.41, 5.74) is 1.58. The molecule has 3 unspecified atom stereocenters. The Hall–Kier alpha value is 0.0500. The van der Waals surface area contributed by atoms with Gasteiger partial charge in [0.25, 0.3) is 0 Å². The fraction of sp³-hybridized carbons (Fsp3) is 0.846. The normalized spacial score (nSPS) is 28.7. The summed E-state index contributed by atoms with van der Waals surface area (Å²) in [7, 11) is 0. The van der Waals surface area contributed by atoms with Gasteiger partial charge < -0.3 is 5.32 Å². The zero-order valence-electron chi connectivity index (χ0n) is 10.5. The first-order valence-corrected chi connectivity index (χ1v) is 7.40. The van der Waals surface area contributed by atoms with E-state index < -0.39 is 0 Å². The van der Waals surface area contributed by atoms with Gasteiger partial charge in [-0.3, -0.25) is 0 Å². The summed E-state index contributed by atoms with van der Waals surface area (Å²) in [5.74, 6) is 2.85. The molecule has 88 valence electrons. The Labute approximate surface area is 99.1 Å². The second-order valence-electron chi connectivity index (χ2n) is 5.06. The van der Waals surface area contributed by atoms with Gasteiger partial charge in [0.2, 0.25) is 0 Å². The second-order valence-corrected chi connectivity index (χ2v) is 5.97. The zero-order valence-corrected chi connectivity index (χ0v) is 11.4. The first-order valence-electron chi connectivity index (χ1n) is 6.01. The molecule has 3 atom stereocenters. The number of thioether (sulfide) groups is 1. The summed E-state index contributed by atoms with van der Waals surface area (Å²) in [6.45, 7) is 8.08. The van der Waals surface area contributed by atoms with Crippen LogP contribution in [0.2, 0.25) is 0 Å². The van der Waals surface area contributed by atoms with Gasteiger partial charge in [-0.2, -0.15) is 11.8 Å². The van der Waals surface area contributed by atoms with E-state index in [1.165, 1.54) is 25.1 Å². The van der Waals surface area contributed by atoms with Crippen molar-refractivity contribution in [1.29, 1.82) is 0 Å². The first-order chi connectivity index (χ1) is 7.11. The molecule has 1 nitrogen and oxygen atoms in total. The van der Waals surface area contributed by atoms with Crippen molar-refractivity contribution in [2.75, 3.05) is 18.6 Å². The summed E-state index contributed by atoms with van der Waals surface area (Å²) in [6, 6.07) is 0.654. The van der Waals surface area contributed by atoms with Crippen molar-refractivity contribution in [2.45, 2.75) is 39.7 Å². The Balaban J connectivity index is 2.25. The molecule has 2 heteroatoms. The Morgan fingerprint density at radius 2 is 2.33 bits per heavy atom. The summed E-state index contributed by atoms with van der Waals surface area (Å²) >= 11 is 1.92. The van der Waals surface area contributed by atoms with E-state index in [2.05, 4.69) is 38.4 Å². The van der Waals surface area contributed by atoms with Crippen molar-refractivity contribution in [1.82, 2.24) is 5.32 Å². The van der Waals surface area contributed by atoms with Crippen LogP contribution in [-0.4, -0.2) is 24.6 Å². The number of allylic oxidation sites excluding steroid dienone is 2. The standard InChI is InChI=1S/C13H25NS/c1-10-5-11(2)7-13(6-10)8-14-12(3)9-15-4/h5,10,12-14H,6-9H2,1-4H3. The molecule has 0 aliphatic heterocycles. The number of nitrogens with one attached hydrogen (secondary N) is 1. The van der Waals surface area contributed by atoms with Crippen LogP contribution in [0.25, 0.3) is 0 Å². The van der Waals surface area contributed by atoms with E-state index in [1.54, 1.807) is 5.57 Å². The molecule has 0 aromatic carbocycles. The molecule has 0 heterocycles. The molecule has 0 aromatic heterocycles. The third-order valence-electron chi connectivity index (χ3n) is 3.06. The van der Waals surface area contributed by atoms with E-state index in [1.807, 2.05) is 11.8 Å². The van der Waals surface area contributed by atoms with Crippen LogP contribution in [0.5, 0.6) is 0 Å². The Morgan fingerprint density at radius 3 is 2.93 bits per heavy atom. The van der Waals surface area contributed by atoms with E-state index in [4.69, 9.17) is 0 Å². The molecule has 1 aliphatic carbocycles. The molecule has 0 spiro atoms. The minimum Gasteiger partial charge on any atom is -0.313 e. The maximum Gasteiger partial charge on any atom is 0.0129 e. The van der Waals surface area contributed by atoms with Crippen molar-refractivity contribution in [3.05, 3.63) is 11.6 Å². The Bertz CT molecular complexity index is 213. The topological polar surface area (TPSA) is 12.0 Å². The fourth-order valence-corrected chi connectivity index (χ4v) is 3.14. The molecule has 0 radical (unpaired) electrons. The molecule has 0 amide bonds. The lowest BCUT2D eigenvalue weighted by molar-refractivity contribution is 0.371. The van der Waals surface area contributed by atoms with Gasteiger partial charge in [-0.1, -0.05) is 18.6 Å². The molecular weight excluding hydrogens is 202 g/mol. The van der Waals surface area contributed by atoms with Crippen LogP contribution in [0.15, 0.2) is 11.6 Å². The quantitative estimate of drug-likeness (QED) is 0.723. The van der Waals surface area contributed by atoms with Gasteiger partial charge >= 0.3 is 0 Å². The maximum absolute atomic E-state index is 3.65. The minimum absolute atomic E-state index is 0.654. The molecule has 1 rings (SSSR count). The first kappa shape index (κ1) is 13.1. The predicted octanol–water partition coefficient (Wildman–Crippen LogP) is 3.32. The van der Waals surface area contributed by atoms with E-state index in [0.29, 0.717) is 6.04 Å². The highest BCUT2D eigenvalue weighted by Gasteiger charge is 2.18. The van der Waals surface area contributed by atoms with Crippen LogP contribution >= 0.6 is 11.8 Å². The highest BCUT2D eigenvalue weighted by Crippen LogP contribution is 2.27. The molecule has 0 bridgehead atoms. The molecule has 0 aromatic rings. The third-order valence-corrected chi connectivity index (χ3v) is 3.89. The smallest absolute Gasteiger partial charge is 0.0129 e. The lowest BCUT2D eigenvalue weighted by Crippen LogP contribution is -2.34. The molecule has 1 N–H and O–H groups in total. The van der Waals surface area contributed by atoms with E-state index in [9.17, 15) is 0 Å². The van der Waals surface area contributed by atoms with E-state index >= 15 is 0 Å². The summed E-state index contributed by atoms with van der Waals surface area (Å²) < 4.78 is 0. The summed E-state index contributed by atoms with van der Waals surface area (Å²) in [4.78, 5) is 0. The molecule has 15 heavy (non-hydrogen) atoms. The average molecular weight is 227 g/mol. The van der Waals surface area contributed by atoms with Crippen LogP contribution in [0.4, 0.5) is 0 Å². The average Bonchev–Trinajstić information content (AvgIpc) is 2.14. The lowest BCUT2D eigenvalue weighted by atomic mass is 9.83. The minimum atomic E-state index is 0.654. The molecule has 1 aliphatic rings. The van der Waals surface area contributed by atoms with Crippen molar-refractivity contribution in [2.24, 2.45) is 11.8 Å². The van der Waals surface area contributed by atoms with Gasteiger partial charge in [-0.25, -0.2) is 0 Å². The highest BCUT2D eigenvalue weighted by molar-refractivity contribution is 7.98. The van der Waals surface area contributed by atoms with Crippen molar-refractivity contribution in [3.63, 3.8) is 0 Å². The van der Waals surface area contributed by atoms with Gasteiger partial charge in [-0.05, 0) is 51.3 Å². The maximum atomic E-state index is 3.65. The summed E-state index contributed by atoms with van der Waals surface area (Å²) in [6.07, 6.45) is 7.26. The van der Waals surface area contributed by atoms with E-state index in [0.717, 1.165) is 11.8 Å². The molecule has 0 saturated carbocycles. The van der Waals surface area contributed by atoms with Gasteiger partial charge in [0, 0.05) is 11.8 Å². The van der Waals surface area contributed by atoms with Crippen molar-refractivity contribution in [3.8, 4) is 0 Å². The van der Waals surface area contributed by atoms with Crippen molar-refractivity contribution < 1.29 is 0 Å². The molecule has 0 saturated heterocycles. The Kier molecular flexibility index (Phi) is 5.77. The van der Waals surface area contributed by atoms with Gasteiger partial charge in [0.05, 0.1) is 0 Å². The van der Waals surface area contributed by atoms with Gasteiger partial charge in [0.1, 0.15) is 0 Å². The largest absolute Gasteiger partial charge is 0.313 e. The van der Waals surface area contributed by atoms with Crippen LogP contribution in [0.3, 0.4) is 0 Å². The van der Waals surface area contributed by atoms with Crippen LogP contribution in [0, 0.1) is 11.8 Å².